The molecule has 1 aromatic carbocycles. The van der Waals surface area contributed by atoms with Gasteiger partial charge in [0.2, 0.25) is 11.8 Å². The maximum Gasteiger partial charge on any atom is 0.275 e. The maximum absolute atomic E-state index is 14.2. The number of imidazole rings is 1. The number of fused-ring (bicyclic) bond motifs is 1. The van der Waals surface area contributed by atoms with Gasteiger partial charge in [-0.3, -0.25) is 14.6 Å². The molecule has 4 aromatic rings. The Morgan fingerprint density at radius 3 is 2.78 bits per heavy atom. The fraction of sp³-hybridized carbons (Fsp3) is 0.143. The molecule has 0 saturated heterocycles. The molecule has 0 radical (unpaired) electrons. The highest BCUT2D eigenvalue weighted by atomic mass is 19.1. The van der Waals surface area contributed by atoms with Crippen molar-refractivity contribution in [1.82, 2.24) is 24.6 Å². The van der Waals surface area contributed by atoms with Crippen LogP contribution in [0.2, 0.25) is 0 Å². The van der Waals surface area contributed by atoms with Crippen molar-refractivity contribution >= 4 is 29.0 Å². The second-order valence-electron chi connectivity index (χ2n) is 7.15. The Labute approximate surface area is 180 Å². The van der Waals surface area contributed by atoms with E-state index in [0.717, 1.165) is 12.8 Å². The van der Waals surface area contributed by atoms with E-state index in [2.05, 4.69) is 30.7 Å². The van der Waals surface area contributed by atoms with Crippen molar-refractivity contribution in [2.45, 2.75) is 12.8 Å². The van der Waals surface area contributed by atoms with Gasteiger partial charge in [-0.1, -0.05) is 0 Å². The van der Waals surface area contributed by atoms with Crippen LogP contribution in [-0.4, -0.2) is 36.4 Å². The minimum absolute atomic E-state index is 0.0488. The fourth-order valence-corrected chi connectivity index (χ4v) is 2.94. The van der Waals surface area contributed by atoms with E-state index >= 15 is 0 Å². The van der Waals surface area contributed by atoms with Crippen molar-refractivity contribution < 1.29 is 18.7 Å². The summed E-state index contributed by atoms with van der Waals surface area (Å²) in [6.07, 6.45) is 7.45. The third-order valence-corrected chi connectivity index (χ3v) is 4.70. The van der Waals surface area contributed by atoms with E-state index in [1.807, 2.05) is 0 Å². The number of carbonyl (C=O) groups is 2. The Morgan fingerprint density at radius 1 is 1.12 bits per heavy atom. The molecule has 1 aliphatic rings. The molecule has 0 atom stereocenters. The van der Waals surface area contributed by atoms with Crippen LogP contribution in [0.15, 0.2) is 55.1 Å². The van der Waals surface area contributed by atoms with Crippen LogP contribution in [0.1, 0.15) is 23.3 Å². The van der Waals surface area contributed by atoms with Crippen molar-refractivity contribution in [1.29, 1.82) is 0 Å². The molecular weight excluding hydrogens is 417 g/mol. The molecule has 2 amide bonds. The summed E-state index contributed by atoms with van der Waals surface area (Å²) >= 11 is 0. The van der Waals surface area contributed by atoms with E-state index in [1.54, 1.807) is 18.3 Å². The van der Waals surface area contributed by atoms with Gasteiger partial charge < -0.3 is 15.4 Å². The van der Waals surface area contributed by atoms with Gasteiger partial charge in [0.15, 0.2) is 11.5 Å². The summed E-state index contributed by atoms with van der Waals surface area (Å²) in [6.45, 7) is 0. The first-order chi connectivity index (χ1) is 15.5. The summed E-state index contributed by atoms with van der Waals surface area (Å²) in [5.41, 5.74) is 0.501. The zero-order valence-electron chi connectivity index (χ0n) is 16.5. The van der Waals surface area contributed by atoms with Gasteiger partial charge in [-0.25, -0.2) is 18.9 Å². The van der Waals surface area contributed by atoms with E-state index < -0.39 is 11.7 Å². The topological polar surface area (TPSA) is 123 Å². The van der Waals surface area contributed by atoms with Gasteiger partial charge in [-0.15, -0.1) is 5.10 Å². The van der Waals surface area contributed by atoms with Crippen LogP contribution in [-0.2, 0) is 4.79 Å². The molecule has 2 N–H and O–H groups in total. The highest BCUT2D eigenvalue weighted by Gasteiger charge is 2.30. The first-order valence-electron chi connectivity index (χ1n) is 9.77. The summed E-state index contributed by atoms with van der Waals surface area (Å²) in [5.74, 6) is -0.345. The monoisotopic (exact) mass is 433 g/mol. The van der Waals surface area contributed by atoms with E-state index in [0.29, 0.717) is 11.5 Å². The molecule has 1 fully saturated rings. The van der Waals surface area contributed by atoms with Gasteiger partial charge in [0.25, 0.3) is 5.91 Å². The highest BCUT2D eigenvalue weighted by molar-refractivity contribution is 6.02. The standard InChI is InChI=1S/C21H16FN7O3/c22-14-4-3-13(9-15(14)25-21(31)16-10-23-7-8-24-16)32-19-6-5-18-26-17(11-29(18)28-19)27-20(30)12-1-2-12/h3-12H,1-2H2,(H,25,31)(H,27,30). The number of amides is 2. The van der Waals surface area contributed by atoms with Crippen molar-refractivity contribution in [2.24, 2.45) is 5.92 Å². The number of hydrogen-bond acceptors (Lipinski definition) is 7. The molecule has 3 aromatic heterocycles. The number of rotatable bonds is 6. The quantitative estimate of drug-likeness (QED) is 0.479. The largest absolute Gasteiger partial charge is 0.438 e. The lowest BCUT2D eigenvalue weighted by molar-refractivity contribution is -0.117. The number of benzene rings is 1. The van der Waals surface area contributed by atoms with Crippen LogP contribution in [0.5, 0.6) is 11.6 Å². The van der Waals surface area contributed by atoms with Gasteiger partial charge >= 0.3 is 0 Å². The number of anilines is 2. The molecular formula is C21H16FN7O3. The average molecular weight is 433 g/mol. The fourth-order valence-electron chi connectivity index (χ4n) is 2.94. The van der Waals surface area contributed by atoms with Gasteiger partial charge in [-0.2, -0.15) is 0 Å². The Hall–Kier alpha value is -4.41. The molecule has 0 spiro atoms. The average Bonchev–Trinajstić information content (AvgIpc) is 3.57. The number of halogens is 1. The molecule has 160 valence electrons. The Morgan fingerprint density at radius 2 is 2.00 bits per heavy atom. The van der Waals surface area contributed by atoms with Crippen LogP contribution in [0.4, 0.5) is 15.9 Å². The van der Waals surface area contributed by atoms with Crippen LogP contribution in [0, 0.1) is 11.7 Å². The van der Waals surface area contributed by atoms with Crippen LogP contribution in [0.25, 0.3) is 5.65 Å². The number of aromatic nitrogens is 5. The van der Waals surface area contributed by atoms with Crippen molar-refractivity contribution in [2.75, 3.05) is 10.6 Å². The zero-order chi connectivity index (χ0) is 22.1. The number of ether oxygens (including phenoxy) is 1. The molecule has 32 heavy (non-hydrogen) atoms. The van der Waals surface area contributed by atoms with Crippen LogP contribution >= 0.6 is 0 Å². The third-order valence-electron chi connectivity index (χ3n) is 4.70. The number of hydrogen-bond donors (Lipinski definition) is 2. The number of nitrogens with one attached hydrogen (secondary N) is 2. The molecule has 0 aliphatic heterocycles. The Balaban J connectivity index is 1.32. The zero-order valence-corrected chi connectivity index (χ0v) is 16.5. The molecule has 11 heteroatoms. The van der Waals surface area contributed by atoms with E-state index in [-0.39, 0.29) is 34.8 Å². The minimum atomic E-state index is -0.636. The van der Waals surface area contributed by atoms with Gasteiger partial charge in [0.1, 0.15) is 17.3 Å². The second kappa shape index (κ2) is 8.02. The predicted molar refractivity (Wildman–Crippen MR) is 111 cm³/mol. The lowest BCUT2D eigenvalue weighted by atomic mass is 10.2. The van der Waals surface area contributed by atoms with Gasteiger partial charge in [0, 0.05) is 30.4 Å². The SMILES string of the molecule is O=C(Nc1cc(Oc2ccc3nc(NC(=O)C4CC4)cn3n2)ccc1F)c1cnccn1. The summed E-state index contributed by atoms with van der Waals surface area (Å²) in [4.78, 5) is 36.1. The van der Waals surface area contributed by atoms with E-state index in [1.165, 1.54) is 41.3 Å². The lowest BCUT2D eigenvalue weighted by Gasteiger charge is -2.09. The summed E-state index contributed by atoms with van der Waals surface area (Å²) in [5, 5.41) is 9.51. The number of nitrogens with zero attached hydrogens (tertiary/aromatic N) is 5. The highest BCUT2D eigenvalue weighted by Crippen LogP contribution is 2.30. The summed E-state index contributed by atoms with van der Waals surface area (Å²) in [7, 11) is 0. The van der Waals surface area contributed by atoms with Crippen molar-refractivity contribution in [3.05, 3.63) is 66.6 Å². The summed E-state index contributed by atoms with van der Waals surface area (Å²) < 4.78 is 21.4. The first kappa shape index (κ1) is 19.5. The second-order valence-corrected chi connectivity index (χ2v) is 7.15. The smallest absolute Gasteiger partial charge is 0.275 e. The molecule has 5 rings (SSSR count). The minimum Gasteiger partial charge on any atom is -0.438 e. The van der Waals surface area contributed by atoms with Crippen LogP contribution in [0.3, 0.4) is 0 Å². The normalized spacial score (nSPS) is 13.0. The summed E-state index contributed by atoms with van der Waals surface area (Å²) in [6, 6.07) is 7.19. The molecule has 0 bridgehead atoms. The van der Waals surface area contributed by atoms with Crippen LogP contribution < -0.4 is 15.4 Å². The third kappa shape index (κ3) is 4.21. The van der Waals surface area contributed by atoms with Gasteiger partial charge in [-0.05, 0) is 31.0 Å². The predicted octanol–water partition coefficient (Wildman–Crippen LogP) is 3.05. The molecule has 10 nitrogen and oxygen atoms in total. The van der Waals surface area contributed by atoms with E-state index in [4.69, 9.17) is 4.74 Å². The lowest BCUT2D eigenvalue weighted by Crippen LogP contribution is -2.14. The first-order valence-corrected chi connectivity index (χ1v) is 9.77. The van der Waals surface area contributed by atoms with E-state index in [9.17, 15) is 14.0 Å². The molecule has 0 unspecified atom stereocenters. The molecule has 1 aliphatic carbocycles. The van der Waals surface area contributed by atoms with Gasteiger partial charge in [0.05, 0.1) is 18.1 Å². The maximum atomic E-state index is 14.2. The van der Waals surface area contributed by atoms with Crippen molar-refractivity contribution in [3.63, 3.8) is 0 Å². The number of carbonyl (C=O) groups excluding carboxylic acids is 2. The Bertz CT molecular complexity index is 1320. The Kier molecular flexibility index (Phi) is 4.90. The van der Waals surface area contributed by atoms with Crippen molar-refractivity contribution in [3.8, 4) is 11.6 Å². The molecule has 3 heterocycles. The molecule has 1 saturated carbocycles.